The molecule has 21 heavy (non-hydrogen) atoms. The molecular formula is C17H18BrNO2. The molecule has 1 atom stereocenters. The Labute approximate surface area is 133 Å². The fourth-order valence-electron chi connectivity index (χ4n) is 1.90. The van der Waals surface area contributed by atoms with Gasteiger partial charge in [-0.2, -0.15) is 0 Å². The van der Waals surface area contributed by atoms with Gasteiger partial charge in [0.05, 0.1) is 6.54 Å². The summed E-state index contributed by atoms with van der Waals surface area (Å²) in [4.78, 5) is 14.1. The summed E-state index contributed by atoms with van der Waals surface area (Å²) in [5, 5.41) is 0. The minimum Gasteiger partial charge on any atom is -0.448 e. The molecule has 0 bridgehead atoms. The van der Waals surface area contributed by atoms with Crippen LogP contribution in [0.5, 0.6) is 0 Å². The number of nitrogens with zero attached hydrogens (tertiary/aromatic N) is 1. The lowest BCUT2D eigenvalue weighted by Crippen LogP contribution is -2.32. The number of anilines is 1. The van der Waals surface area contributed by atoms with Crippen molar-refractivity contribution in [3.8, 4) is 0 Å². The van der Waals surface area contributed by atoms with Crippen LogP contribution in [0.1, 0.15) is 12.5 Å². The first-order valence-corrected chi connectivity index (χ1v) is 7.75. The van der Waals surface area contributed by atoms with Crippen LogP contribution >= 0.6 is 15.9 Å². The van der Waals surface area contributed by atoms with Gasteiger partial charge < -0.3 is 4.74 Å². The number of hydrogen-bond donors (Lipinski definition) is 0. The van der Waals surface area contributed by atoms with Crippen LogP contribution < -0.4 is 4.90 Å². The number of carbonyl (C=O) groups excluding carboxylic acids is 1. The molecule has 2 rings (SSSR count). The van der Waals surface area contributed by atoms with E-state index < -0.39 is 0 Å². The molecule has 4 heteroatoms. The Balaban J connectivity index is 2.16. The quantitative estimate of drug-likeness (QED) is 0.739. The maximum atomic E-state index is 12.3. The number of carbonyl (C=O) groups is 1. The van der Waals surface area contributed by atoms with Crippen LogP contribution in [0.3, 0.4) is 0 Å². The van der Waals surface area contributed by atoms with Crippen LogP contribution in [0.4, 0.5) is 10.5 Å². The van der Waals surface area contributed by atoms with Gasteiger partial charge in [-0.1, -0.05) is 64.5 Å². The molecule has 0 saturated heterocycles. The lowest BCUT2D eigenvalue weighted by molar-refractivity contribution is 0.155. The average Bonchev–Trinajstić information content (AvgIpc) is 2.52. The maximum Gasteiger partial charge on any atom is 0.414 e. The summed E-state index contributed by atoms with van der Waals surface area (Å²) in [5.74, 6) is 0. The Hall–Kier alpha value is -1.81. The van der Waals surface area contributed by atoms with E-state index in [-0.39, 0.29) is 10.9 Å². The maximum absolute atomic E-state index is 12.3. The zero-order valence-corrected chi connectivity index (χ0v) is 13.5. The van der Waals surface area contributed by atoms with E-state index in [1.807, 2.05) is 67.6 Å². The van der Waals surface area contributed by atoms with Gasteiger partial charge in [0.2, 0.25) is 0 Å². The lowest BCUT2D eigenvalue weighted by Gasteiger charge is -2.22. The van der Waals surface area contributed by atoms with Crippen molar-refractivity contribution in [2.24, 2.45) is 0 Å². The summed E-state index contributed by atoms with van der Waals surface area (Å²) in [7, 11) is 0. The van der Waals surface area contributed by atoms with E-state index >= 15 is 0 Å². The molecule has 2 aromatic rings. The van der Waals surface area contributed by atoms with Crippen molar-refractivity contribution in [3.05, 3.63) is 66.2 Å². The third-order valence-electron chi connectivity index (χ3n) is 2.91. The van der Waals surface area contributed by atoms with Crippen LogP contribution in [0, 0.1) is 0 Å². The van der Waals surface area contributed by atoms with Gasteiger partial charge in [-0.15, -0.1) is 0 Å². The van der Waals surface area contributed by atoms with E-state index in [1.165, 1.54) is 0 Å². The highest BCUT2D eigenvalue weighted by Crippen LogP contribution is 2.18. The van der Waals surface area contributed by atoms with Crippen LogP contribution in [0.15, 0.2) is 60.7 Å². The number of halogens is 1. The van der Waals surface area contributed by atoms with Gasteiger partial charge in [-0.25, -0.2) is 4.79 Å². The molecule has 3 nitrogen and oxygen atoms in total. The smallest absolute Gasteiger partial charge is 0.414 e. The summed E-state index contributed by atoms with van der Waals surface area (Å²) in [6.07, 6.45) is -0.337. The van der Waals surface area contributed by atoms with Crippen LogP contribution in [0.25, 0.3) is 0 Å². The van der Waals surface area contributed by atoms with Gasteiger partial charge in [0.15, 0.2) is 0 Å². The van der Waals surface area contributed by atoms with Crippen molar-refractivity contribution in [1.82, 2.24) is 0 Å². The Kier molecular flexibility index (Phi) is 5.81. The fraction of sp³-hybridized carbons (Fsp3) is 0.235. The SMILES string of the molecule is C[C@@H](Br)COC(=O)N(Cc1ccccc1)c1ccccc1. The molecule has 0 aromatic heterocycles. The molecule has 0 fully saturated rings. The highest BCUT2D eigenvalue weighted by Gasteiger charge is 2.18. The number of alkyl halides is 1. The summed E-state index contributed by atoms with van der Waals surface area (Å²) in [6, 6.07) is 19.4. The highest BCUT2D eigenvalue weighted by atomic mass is 79.9. The number of rotatable bonds is 5. The van der Waals surface area contributed by atoms with Gasteiger partial charge in [-0.3, -0.25) is 4.90 Å². The fourth-order valence-corrected chi connectivity index (χ4v) is 2.03. The Bertz CT molecular complexity index is 558. The number of amides is 1. The van der Waals surface area contributed by atoms with Crippen molar-refractivity contribution < 1.29 is 9.53 Å². The normalized spacial score (nSPS) is 11.7. The first kappa shape index (κ1) is 15.6. The minimum atomic E-state index is -0.337. The molecule has 0 spiro atoms. The Morgan fingerprint density at radius 3 is 2.24 bits per heavy atom. The van der Waals surface area contributed by atoms with Crippen LogP contribution in [0.2, 0.25) is 0 Å². The second-order valence-corrected chi connectivity index (χ2v) is 6.33. The van der Waals surface area contributed by atoms with Gasteiger partial charge in [-0.05, 0) is 24.6 Å². The Morgan fingerprint density at radius 1 is 1.10 bits per heavy atom. The zero-order valence-electron chi connectivity index (χ0n) is 11.9. The van der Waals surface area contributed by atoms with Gasteiger partial charge in [0.1, 0.15) is 6.61 Å². The highest BCUT2D eigenvalue weighted by molar-refractivity contribution is 9.09. The van der Waals surface area contributed by atoms with E-state index in [0.717, 1.165) is 11.3 Å². The molecule has 1 amide bonds. The largest absolute Gasteiger partial charge is 0.448 e. The molecule has 0 saturated carbocycles. The molecule has 110 valence electrons. The monoisotopic (exact) mass is 347 g/mol. The van der Waals surface area contributed by atoms with Gasteiger partial charge in [0, 0.05) is 10.5 Å². The van der Waals surface area contributed by atoms with Crippen molar-refractivity contribution in [1.29, 1.82) is 0 Å². The third-order valence-corrected chi connectivity index (χ3v) is 3.17. The zero-order chi connectivity index (χ0) is 15.1. The topological polar surface area (TPSA) is 29.5 Å². The lowest BCUT2D eigenvalue weighted by atomic mass is 10.2. The molecule has 0 unspecified atom stereocenters. The number of benzene rings is 2. The van der Waals surface area contributed by atoms with E-state index in [0.29, 0.717) is 13.2 Å². The molecule has 0 aliphatic carbocycles. The molecular weight excluding hydrogens is 330 g/mol. The van der Waals surface area contributed by atoms with Gasteiger partial charge in [0.25, 0.3) is 0 Å². The second kappa shape index (κ2) is 7.84. The minimum absolute atomic E-state index is 0.135. The predicted octanol–water partition coefficient (Wildman–Crippen LogP) is 4.61. The molecule has 0 aliphatic heterocycles. The molecule has 0 N–H and O–H groups in total. The first-order valence-electron chi connectivity index (χ1n) is 6.84. The van der Waals surface area contributed by atoms with E-state index in [4.69, 9.17) is 4.74 Å². The summed E-state index contributed by atoms with van der Waals surface area (Å²) in [5.41, 5.74) is 1.89. The molecule has 0 heterocycles. The molecule has 2 aromatic carbocycles. The first-order chi connectivity index (χ1) is 10.2. The molecule has 0 radical (unpaired) electrons. The molecule has 0 aliphatic rings. The van der Waals surface area contributed by atoms with Crippen molar-refractivity contribution in [2.75, 3.05) is 11.5 Å². The third kappa shape index (κ3) is 4.90. The Morgan fingerprint density at radius 2 is 1.67 bits per heavy atom. The summed E-state index contributed by atoms with van der Waals surface area (Å²) < 4.78 is 5.33. The van der Waals surface area contributed by atoms with E-state index in [2.05, 4.69) is 15.9 Å². The van der Waals surface area contributed by atoms with Crippen molar-refractivity contribution in [2.45, 2.75) is 18.3 Å². The van der Waals surface area contributed by atoms with Crippen LogP contribution in [-0.4, -0.2) is 17.5 Å². The summed E-state index contributed by atoms with van der Waals surface area (Å²) >= 11 is 3.38. The average molecular weight is 348 g/mol. The van der Waals surface area contributed by atoms with Gasteiger partial charge >= 0.3 is 6.09 Å². The summed E-state index contributed by atoms with van der Waals surface area (Å²) in [6.45, 7) is 2.77. The number of para-hydroxylation sites is 1. The second-order valence-electron chi connectivity index (χ2n) is 4.76. The number of hydrogen-bond acceptors (Lipinski definition) is 2. The van der Waals surface area contributed by atoms with E-state index in [1.54, 1.807) is 4.90 Å². The van der Waals surface area contributed by atoms with Crippen molar-refractivity contribution in [3.63, 3.8) is 0 Å². The van der Waals surface area contributed by atoms with Crippen molar-refractivity contribution >= 4 is 27.7 Å². The van der Waals surface area contributed by atoms with Crippen LogP contribution in [-0.2, 0) is 11.3 Å². The number of ether oxygens (including phenoxy) is 1. The predicted molar refractivity (Wildman–Crippen MR) is 88.8 cm³/mol. The standard InChI is InChI=1S/C17H18BrNO2/c1-14(18)13-21-17(20)19(16-10-6-3-7-11-16)12-15-8-4-2-5-9-15/h2-11,14H,12-13H2,1H3/t14-/m1/s1. The van der Waals surface area contributed by atoms with E-state index in [9.17, 15) is 4.79 Å².